The molecule has 210 valence electrons. The van der Waals surface area contributed by atoms with Crippen molar-refractivity contribution in [2.45, 2.75) is 36.3 Å². The molecule has 0 radical (unpaired) electrons. The van der Waals surface area contributed by atoms with Crippen LogP contribution in [0.25, 0.3) is 0 Å². The lowest BCUT2D eigenvalue weighted by Crippen LogP contribution is -2.48. The Kier molecular flexibility index (Phi) is 9.31. The molecule has 4 nitrogen and oxygen atoms in total. The van der Waals surface area contributed by atoms with E-state index in [9.17, 15) is 30.4 Å². The van der Waals surface area contributed by atoms with Gasteiger partial charge in [0.1, 0.15) is 11.6 Å². The molecule has 1 heterocycles. The molecule has 1 aliphatic rings. The highest BCUT2D eigenvalue weighted by Gasteiger charge is 2.36. The number of halogens is 6. The molecule has 3 aromatic carbocycles. The number of sulfonamides is 1. The molecule has 0 saturated carbocycles. The Morgan fingerprint density at radius 2 is 1.33 bits per heavy atom. The first-order valence-corrected chi connectivity index (χ1v) is 14.4. The van der Waals surface area contributed by atoms with E-state index >= 15 is 0 Å². The number of hydrogen-bond donors (Lipinski definition) is 0. The number of nitrogens with zero attached hydrogens (tertiary/aromatic N) is 2. The molecule has 0 amide bonds. The number of alkyl halides is 3. The van der Waals surface area contributed by atoms with Gasteiger partial charge in [0.15, 0.2) is 0 Å². The van der Waals surface area contributed by atoms with Crippen LogP contribution in [-0.4, -0.2) is 50.3 Å². The highest BCUT2D eigenvalue weighted by Crippen LogP contribution is 2.36. The van der Waals surface area contributed by atoms with Gasteiger partial charge in [-0.15, -0.1) is 0 Å². The molecule has 39 heavy (non-hydrogen) atoms. The van der Waals surface area contributed by atoms with E-state index in [1.54, 1.807) is 24.3 Å². The van der Waals surface area contributed by atoms with E-state index in [0.717, 1.165) is 49.1 Å². The first kappa shape index (κ1) is 29.5. The zero-order valence-corrected chi connectivity index (χ0v) is 22.5. The molecule has 1 saturated heterocycles. The maximum Gasteiger partial charge on any atom is 0.417 e. The molecule has 0 N–H and O–H groups in total. The van der Waals surface area contributed by atoms with Crippen LogP contribution in [0.1, 0.15) is 41.9 Å². The van der Waals surface area contributed by atoms with Gasteiger partial charge in [0.2, 0.25) is 10.0 Å². The normalized spacial score (nSPS) is 15.7. The third kappa shape index (κ3) is 7.36. The van der Waals surface area contributed by atoms with Crippen LogP contribution in [0.15, 0.2) is 71.6 Å². The van der Waals surface area contributed by atoms with Crippen LogP contribution in [0.5, 0.6) is 0 Å². The van der Waals surface area contributed by atoms with Crippen LogP contribution in [0.3, 0.4) is 0 Å². The average Bonchev–Trinajstić information content (AvgIpc) is 2.90. The van der Waals surface area contributed by atoms with Crippen LogP contribution >= 0.6 is 11.6 Å². The molecule has 0 unspecified atom stereocenters. The second-order valence-corrected chi connectivity index (χ2v) is 11.9. The maximum absolute atomic E-state index is 13.4. The number of unbranched alkanes of at least 4 members (excludes halogenated alkanes) is 1. The monoisotopic (exact) mass is 586 g/mol. The van der Waals surface area contributed by atoms with Crippen LogP contribution in [-0.2, 0) is 16.2 Å². The van der Waals surface area contributed by atoms with Crippen LogP contribution in [0, 0.1) is 11.6 Å². The lowest BCUT2D eigenvalue weighted by Gasteiger charge is -2.34. The summed E-state index contributed by atoms with van der Waals surface area (Å²) >= 11 is 5.63. The number of benzene rings is 3. The third-order valence-electron chi connectivity index (χ3n) is 6.97. The van der Waals surface area contributed by atoms with Crippen molar-refractivity contribution in [3.8, 4) is 0 Å². The van der Waals surface area contributed by atoms with E-state index in [0.29, 0.717) is 19.2 Å². The van der Waals surface area contributed by atoms with E-state index in [4.69, 9.17) is 11.6 Å². The maximum atomic E-state index is 13.4. The Hall–Kier alpha value is -2.53. The molecule has 11 heteroatoms. The standard InChI is InChI=1S/C28H28ClF5N2O2S/c29-27-13-12-24(19-26(27)28(32,33)34)39(37,38)36-17-15-35(16-18-36)14-2-1-3-25(20-4-8-22(30)9-5-20)21-6-10-23(31)11-7-21/h4-13,19,25H,1-3,14-18H2. The van der Waals surface area contributed by atoms with Crippen molar-refractivity contribution in [2.75, 3.05) is 32.7 Å². The zero-order valence-electron chi connectivity index (χ0n) is 21.0. The predicted molar refractivity (Wildman–Crippen MR) is 140 cm³/mol. The van der Waals surface area contributed by atoms with Gasteiger partial charge in [-0.1, -0.05) is 42.3 Å². The molecular weight excluding hydrogens is 559 g/mol. The summed E-state index contributed by atoms with van der Waals surface area (Å²) < 4.78 is 93.7. The molecule has 0 atom stereocenters. The first-order valence-electron chi connectivity index (χ1n) is 12.6. The summed E-state index contributed by atoms with van der Waals surface area (Å²) in [6.07, 6.45) is -2.32. The summed E-state index contributed by atoms with van der Waals surface area (Å²) in [5, 5.41) is -0.549. The summed E-state index contributed by atoms with van der Waals surface area (Å²) in [6, 6.07) is 15.2. The van der Waals surface area contributed by atoms with Gasteiger partial charge < -0.3 is 4.90 Å². The summed E-state index contributed by atoms with van der Waals surface area (Å²) in [7, 11) is -4.09. The molecule has 0 spiro atoms. The molecule has 1 fully saturated rings. The molecular formula is C28H28ClF5N2O2S. The number of piperazine rings is 1. The van der Waals surface area contributed by atoms with E-state index in [2.05, 4.69) is 4.90 Å². The van der Waals surface area contributed by atoms with Crippen molar-refractivity contribution in [1.82, 2.24) is 9.21 Å². The summed E-state index contributed by atoms with van der Waals surface area (Å²) in [5.74, 6) is -0.668. The second kappa shape index (κ2) is 12.3. The lowest BCUT2D eigenvalue weighted by molar-refractivity contribution is -0.137. The fraction of sp³-hybridized carbons (Fsp3) is 0.357. The second-order valence-electron chi connectivity index (χ2n) is 9.54. The first-order chi connectivity index (χ1) is 18.4. The summed E-state index contributed by atoms with van der Waals surface area (Å²) in [6.45, 7) is 1.98. The van der Waals surface area contributed by atoms with Gasteiger partial charge in [0.05, 0.1) is 15.5 Å². The molecule has 0 aliphatic carbocycles. The third-order valence-corrected chi connectivity index (χ3v) is 9.20. The average molecular weight is 587 g/mol. The Balaban J connectivity index is 1.31. The van der Waals surface area contributed by atoms with Gasteiger partial charge >= 0.3 is 6.18 Å². The van der Waals surface area contributed by atoms with E-state index in [-0.39, 0.29) is 30.6 Å². The van der Waals surface area contributed by atoms with Crippen molar-refractivity contribution in [1.29, 1.82) is 0 Å². The van der Waals surface area contributed by atoms with Crippen molar-refractivity contribution < 1.29 is 30.4 Å². The molecule has 0 bridgehead atoms. The molecule has 3 aromatic rings. The van der Waals surface area contributed by atoms with Gasteiger partial charge in [-0.05, 0) is 73.0 Å². The zero-order chi connectivity index (χ0) is 28.2. The Labute approximate surface area is 230 Å². The highest BCUT2D eigenvalue weighted by atomic mass is 35.5. The van der Waals surface area contributed by atoms with E-state index in [1.165, 1.54) is 28.6 Å². The summed E-state index contributed by atoms with van der Waals surface area (Å²) in [4.78, 5) is 1.69. The van der Waals surface area contributed by atoms with Crippen molar-refractivity contribution in [3.63, 3.8) is 0 Å². The van der Waals surface area contributed by atoms with Gasteiger partial charge in [-0.2, -0.15) is 17.5 Å². The van der Waals surface area contributed by atoms with Gasteiger partial charge in [0.25, 0.3) is 0 Å². The fourth-order valence-electron chi connectivity index (χ4n) is 4.82. The lowest BCUT2D eigenvalue weighted by atomic mass is 9.87. The Morgan fingerprint density at radius 1 is 0.795 bits per heavy atom. The van der Waals surface area contributed by atoms with Gasteiger partial charge in [-0.25, -0.2) is 17.2 Å². The minimum Gasteiger partial charge on any atom is -0.301 e. The van der Waals surface area contributed by atoms with Gasteiger partial charge in [0, 0.05) is 32.1 Å². The van der Waals surface area contributed by atoms with Crippen molar-refractivity contribution in [2.24, 2.45) is 0 Å². The quantitative estimate of drug-likeness (QED) is 0.201. The van der Waals surface area contributed by atoms with Crippen molar-refractivity contribution in [3.05, 3.63) is 100 Å². The number of hydrogen-bond acceptors (Lipinski definition) is 3. The highest BCUT2D eigenvalue weighted by molar-refractivity contribution is 7.89. The van der Waals surface area contributed by atoms with Crippen molar-refractivity contribution >= 4 is 21.6 Å². The topological polar surface area (TPSA) is 40.6 Å². The van der Waals surface area contributed by atoms with E-state index < -0.39 is 31.7 Å². The van der Waals surface area contributed by atoms with Crippen LogP contribution < -0.4 is 0 Å². The summed E-state index contributed by atoms with van der Waals surface area (Å²) in [5.41, 5.74) is 0.707. The molecule has 0 aromatic heterocycles. The van der Waals surface area contributed by atoms with Crippen LogP contribution in [0.4, 0.5) is 22.0 Å². The SMILES string of the molecule is O=S(=O)(c1ccc(Cl)c(C(F)(F)F)c1)N1CCN(CCCCC(c2ccc(F)cc2)c2ccc(F)cc2)CC1. The minimum atomic E-state index is -4.76. The Morgan fingerprint density at radius 3 is 1.85 bits per heavy atom. The molecule has 4 rings (SSSR count). The number of rotatable bonds is 9. The Bertz CT molecular complexity index is 1310. The smallest absolute Gasteiger partial charge is 0.301 e. The van der Waals surface area contributed by atoms with Crippen LogP contribution in [0.2, 0.25) is 5.02 Å². The fourth-order valence-corrected chi connectivity index (χ4v) is 6.50. The minimum absolute atomic E-state index is 0.0193. The largest absolute Gasteiger partial charge is 0.417 e. The van der Waals surface area contributed by atoms with Gasteiger partial charge in [-0.3, -0.25) is 0 Å². The van der Waals surface area contributed by atoms with E-state index in [1.807, 2.05) is 0 Å². The predicted octanol–water partition coefficient (Wildman–Crippen LogP) is 6.95. The molecule has 1 aliphatic heterocycles.